The van der Waals surface area contributed by atoms with Gasteiger partial charge in [-0.25, -0.2) is 29.3 Å². The molecule has 786 valence electrons. The van der Waals surface area contributed by atoms with Gasteiger partial charge in [-0.3, -0.25) is 95.9 Å². The van der Waals surface area contributed by atoms with Crippen molar-refractivity contribution in [2.75, 3.05) is 57.4 Å². The number of rotatable bonds is 64. The van der Waals surface area contributed by atoms with Gasteiger partial charge in [-0.15, -0.1) is 0 Å². The number of urea groups is 2. The number of nitrogens with one attached hydrogen (secondary N) is 21. The van der Waals surface area contributed by atoms with Crippen LogP contribution in [0.3, 0.4) is 0 Å². The van der Waals surface area contributed by atoms with Crippen LogP contribution in [-0.2, 0) is 126 Å². The lowest BCUT2D eigenvalue weighted by Crippen LogP contribution is -2.62. The Morgan fingerprint density at radius 3 is 1.30 bits per heavy atom. The molecule has 0 saturated carbocycles. The van der Waals surface area contributed by atoms with Crippen LogP contribution in [0.15, 0.2) is 61.8 Å². The third kappa shape index (κ3) is 41.9. The van der Waals surface area contributed by atoms with Crippen LogP contribution in [0.5, 0.6) is 5.75 Å². The predicted octanol–water partition coefficient (Wildman–Crippen LogP) is -12.9. The van der Waals surface area contributed by atoms with Crippen molar-refractivity contribution < 1.29 is 136 Å². The van der Waals surface area contributed by atoms with E-state index in [1.807, 2.05) is 0 Å². The van der Waals surface area contributed by atoms with E-state index in [1.54, 1.807) is 6.92 Å². The number of primary amides is 4. The second-order valence-electron chi connectivity index (χ2n) is 33.0. The number of amides is 23. The average molecular weight is 2050 g/mol. The number of likely N-dealkylation sites (tertiary alicyclic amines) is 1. The molecule has 0 bridgehead atoms. The molecule has 4 aromatic rings. The summed E-state index contributed by atoms with van der Waals surface area (Å²) in [5.41, 5.74) is 28.1. The van der Waals surface area contributed by atoms with E-state index < -0.39 is 309 Å². The molecule has 3 aromatic heterocycles. The Kier molecular flexibility index (Phi) is 50.1. The quantitative estimate of drug-likeness (QED) is 0.0144. The van der Waals surface area contributed by atoms with Crippen LogP contribution < -0.4 is 124 Å². The number of aliphatic carboxylic acids is 2. The number of carboxylic acid groups (broad SMARTS) is 2. The number of aromatic nitrogens is 6. The maximum Gasteiger partial charge on any atom is 0.326 e. The van der Waals surface area contributed by atoms with E-state index in [4.69, 9.17) is 28.7 Å². The standard InChI is InChI=1S/C83H124N30O28S2/c1-4-39(2)65(111-79(136)66(40(3)115)112-74(131)52(26-64(122)123)106-67(124)46(84)15-17-59(85)117)78(135)107-50(23-42-27-89-36-97-42)69(126)95-31-62(120)101-53(25-44-29-91-38-99-44)80(137)113-21-7-10-58(113)77(134)110-57(35-143)76(133)108-55(33-114)75(132)104-48(9-6-20-93-83(88)141)71(128)103-47(8-5-19-92-82(87)140)68(125)94-30-61(119)100-51(24-43-28-90-37-98-43)73(130)105-49(16-18-60(86)118)72(129)109-56(34-142)70(127)96-32-63(121)102-54(81(138)139)22-41-11-13-45(116)14-12-41/h11-14,27-29,36-40,46-58,65-66,114-116,142-143H,4-10,15-26,30-35,84H2,1-3H3,(H2,85,117)(H2,86,118)(H,89,97)(H,90,98)(H,91,99)(H,94,125)(H,95,126)(H,96,127)(H,100,119)(H,101,120)(H,102,121)(H,103,128)(H,104,132)(H,105,130)(H,106,124)(H,107,135)(H,108,133)(H,109,129)(H,110,134)(H,111,136)(H,112,131)(H,122,123)(H,138,139)(H3,87,92,140)(H3,88,93,141)/t39-,40+,46-,47-,48-,49-,50-,51-,52-,53-,54-,55-,56-,57-,58-,65-,66-/m0/s1. The normalized spacial score (nSPS) is 15.4. The molecule has 36 N–H and O–H groups in total. The fourth-order valence-electron chi connectivity index (χ4n) is 13.9. The van der Waals surface area contributed by atoms with Crippen molar-refractivity contribution in [1.29, 1.82) is 0 Å². The maximum absolute atomic E-state index is 14.8. The molecule has 58 nitrogen and oxygen atoms in total. The van der Waals surface area contributed by atoms with Crippen LogP contribution in [0.4, 0.5) is 9.59 Å². The SMILES string of the molecule is CC[C@H](C)[C@H](NC(=O)[C@@H](NC(=O)[C@H](CC(=O)O)NC(=O)[C@@H](N)CCC(N)=O)[C@@H](C)O)C(=O)N[C@@H](Cc1cnc[nH]1)C(=O)NCC(=O)N[C@@H](Cc1cnc[nH]1)C(=O)N1CCC[C@H]1C(=O)N[C@@H](CS)C(=O)N[C@@H](CO)C(=O)N[C@@H](CCCNC(N)=O)C(=O)N[C@@H](CCCNC(N)=O)C(=O)NCC(=O)N[C@@H](Cc1cnc[nH]1)C(=O)N[C@@H](CCC(N)=O)C(=O)N[C@@H](CS)C(=O)NCC(=O)N[C@@H](Cc1ccc(O)cc1)C(=O)O. The van der Waals surface area contributed by atoms with Crippen LogP contribution in [0.2, 0.25) is 0 Å². The van der Waals surface area contributed by atoms with Gasteiger partial charge in [0.1, 0.15) is 90.3 Å². The van der Waals surface area contributed by atoms with Gasteiger partial charge in [0.25, 0.3) is 0 Å². The van der Waals surface area contributed by atoms with Gasteiger partial charge >= 0.3 is 24.0 Å². The lowest BCUT2D eigenvalue weighted by Gasteiger charge is -2.30. The van der Waals surface area contributed by atoms with Crippen molar-refractivity contribution in [2.45, 2.75) is 220 Å². The van der Waals surface area contributed by atoms with Crippen molar-refractivity contribution in [2.24, 2.45) is 34.6 Å². The summed E-state index contributed by atoms with van der Waals surface area (Å²) in [6.07, 6.45) is 1.26. The minimum atomic E-state index is -1.96. The Morgan fingerprint density at radius 1 is 0.448 bits per heavy atom. The Labute approximate surface area is 826 Å². The number of carboxylic acids is 2. The number of aliphatic hydroxyl groups excluding tert-OH is 2. The average Bonchev–Trinajstić information content (AvgIpc) is 1.12. The highest BCUT2D eigenvalue weighted by Crippen LogP contribution is 2.22. The number of hydrogen-bond acceptors (Lipinski definition) is 32. The number of aromatic hydroxyl groups is 1. The van der Waals surface area contributed by atoms with Crippen molar-refractivity contribution in [3.8, 4) is 5.75 Å². The number of phenolic OH excluding ortho intramolecular Hbond substituents is 1. The van der Waals surface area contributed by atoms with Crippen LogP contribution in [0.1, 0.15) is 120 Å². The molecule has 4 heterocycles. The number of nitrogens with zero attached hydrogens (tertiary/aromatic N) is 4. The molecule has 0 unspecified atom stereocenters. The number of hydrogen-bond donors (Lipinski definition) is 33. The van der Waals surface area contributed by atoms with Crippen molar-refractivity contribution in [1.82, 2.24) is 131 Å². The van der Waals surface area contributed by atoms with Gasteiger partial charge < -0.3 is 170 Å². The summed E-state index contributed by atoms with van der Waals surface area (Å²) in [4.78, 5) is 330. The molecule has 17 atom stereocenters. The molecule has 1 aromatic carbocycles. The van der Waals surface area contributed by atoms with Gasteiger partial charge in [0.2, 0.25) is 112 Å². The van der Waals surface area contributed by atoms with Gasteiger partial charge in [0, 0.05) is 105 Å². The molecule has 1 fully saturated rings. The smallest absolute Gasteiger partial charge is 0.326 e. The molecule has 143 heavy (non-hydrogen) atoms. The first-order valence-corrected chi connectivity index (χ1v) is 46.1. The van der Waals surface area contributed by atoms with E-state index in [9.17, 15) is 136 Å². The number of H-pyrrole nitrogens is 3. The fraction of sp³-hybridized carbons (Fsp3) is 0.542. The Hall–Kier alpha value is -15.4. The molecule has 1 aliphatic heterocycles. The van der Waals surface area contributed by atoms with Gasteiger partial charge in [-0.2, -0.15) is 25.3 Å². The second kappa shape index (κ2) is 60.6. The number of carbonyl (C=O) groups excluding carboxylic acids is 21. The summed E-state index contributed by atoms with van der Waals surface area (Å²) in [5, 5.41) is 92.8. The largest absolute Gasteiger partial charge is 0.508 e. The number of imidazole rings is 3. The zero-order valence-corrected chi connectivity index (χ0v) is 79.8. The van der Waals surface area contributed by atoms with Crippen LogP contribution in [-0.4, -0.2) is 351 Å². The number of aliphatic hydroxyl groups is 2. The first-order chi connectivity index (χ1) is 67.7. The minimum absolute atomic E-state index is 0.0323. The van der Waals surface area contributed by atoms with Crippen LogP contribution >= 0.6 is 25.3 Å². The highest BCUT2D eigenvalue weighted by molar-refractivity contribution is 7.80. The van der Waals surface area contributed by atoms with Crippen molar-refractivity contribution in [3.63, 3.8) is 0 Å². The molecule has 60 heteroatoms. The van der Waals surface area contributed by atoms with E-state index in [1.165, 1.54) is 68.8 Å². The summed E-state index contributed by atoms with van der Waals surface area (Å²) < 4.78 is 0. The lowest BCUT2D eigenvalue weighted by atomic mass is 9.96. The fourth-order valence-corrected chi connectivity index (χ4v) is 14.5. The number of aromatic amines is 3. The van der Waals surface area contributed by atoms with Gasteiger partial charge in [-0.1, -0.05) is 32.4 Å². The topological polar surface area (TPSA) is 930 Å². The summed E-state index contributed by atoms with van der Waals surface area (Å²) in [7, 11) is 0. The highest BCUT2D eigenvalue weighted by atomic mass is 32.1. The summed E-state index contributed by atoms with van der Waals surface area (Å²) in [5.74, 6) is -24.9. The van der Waals surface area contributed by atoms with E-state index in [0.29, 0.717) is 5.56 Å². The van der Waals surface area contributed by atoms with E-state index in [-0.39, 0.29) is 113 Å². The zero-order chi connectivity index (χ0) is 106. The maximum atomic E-state index is 14.8. The molecule has 5 rings (SSSR count). The summed E-state index contributed by atoms with van der Waals surface area (Å²) >= 11 is 8.38. The number of benzene rings is 1. The molecule has 0 radical (unpaired) electrons. The number of thiol groups is 2. The number of nitrogens with two attached hydrogens (primary N) is 5. The zero-order valence-electron chi connectivity index (χ0n) is 78.0. The molecule has 0 spiro atoms. The monoisotopic (exact) mass is 2050 g/mol. The first-order valence-electron chi connectivity index (χ1n) is 44.8. The molecule has 1 saturated heterocycles. The molecule has 23 amide bonds. The predicted molar refractivity (Wildman–Crippen MR) is 502 cm³/mol. The Morgan fingerprint density at radius 2 is 0.839 bits per heavy atom. The van der Waals surface area contributed by atoms with Crippen molar-refractivity contribution >= 4 is 161 Å². The number of phenols is 1. The lowest BCUT2D eigenvalue weighted by molar-refractivity contribution is -0.142. The minimum Gasteiger partial charge on any atom is -0.508 e. The molecule has 0 aliphatic carbocycles. The van der Waals surface area contributed by atoms with Crippen LogP contribution in [0.25, 0.3) is 0 Å². The van der Waals surface area contributed by atoms with Crippen molar-refractivity contribution in [3.05, 3.63) is 84.5 Å². The highest BCUT2D eigenvalue weighted by Gasteiger charge is 2.43. The third-order valence-corrected chi connectivity index (χ3v) is 22.6. The molecular formula is C83H124N30O28S2. The Bertz CT molecular complexity index is 5040. The van der Waals surface area contributed by atoms with Gasteiger partial charge in [0.05, 0.1) is 63.8 Å². The number of carbonyl (C=O) groups is 23. The van der Waals surface area contributed by atoms with Gasteiger partial charge in [-0.05, 0) is 81.9 Å². The summed E-state index contributed by atoms with van der Waals surface area (Å²) in [6, 6.07) is -21.2. The van der Waals surface area contributed by atoms with Gasteiger partial charge in [0.15, 0.2) is 0 Å². The molecule has 1 aliphatic rings. The van der Waals surface area contributed by atoms with Crippen LogP contribution in [0, 0.1) is 5.92 Å². The van der Waals surface area contributed by atoms with E-state index in [2.05, 4.69) is 151 Å². The van der Waals surface area contributed by atoms with E-state index >= 15 is 0 Å². The molecular weight excluding hydrogens is 1930 g/mol. The first kappa shape index (κ1) is 118. The summed E-state index contributed by atoms with van der Waals surface area (Å²) in [6.45, 7) is -0.140. The third-order valence-electron chi connectivity index (χ3n) is 21.8. The Balaban J connectivity index is 1.27. The van der Waals surface area contributed by atoms with E-state index in [0.717, 1.165) is 11.8 Å². The second-order valence-corrected chi connectivity index (χ2v) is 33.7.